The number of carbonyl (C=O) groups excluding carboxylic acids is 4. The van der Waals surface area contributed by atoms with Crippen molar-refractivity contribution in [3.8, 4) is 0 Å². The fourth-order valence-electron chi connectivity index (χ4n) is 4.94. The van der Waals surface area contributed by atoms with Crippen LogP contribution in [-0.2, 0) is 23.9 Å². The number of aliphatic hydroxyl groups excluding tert-OH is 1. The van der Waals surface area contributed by atoms with Crippen molar-refractivity contribution in [1.29, 1.82) is 0 Å². The molecule has 33 heavy (non-hydrogen) atoms. The van der Waals surface area contributed by atoms with Crippen molar-refractivity contribution in [2.24, 2.45) is 17.8 Å². The number of ketones is 1. The number of piperidine rings is 1. The monoisotopic (exact) mass is 463 g/mol. The van der Waals surface area contributed by atoms with E-state index in [1.54, 1.807) is 6.92 Å². The van der Waals surface area contributed by atoms with E-state index in [0.717, 1.165) is 31.3 Å². The number of esters is 1. The number of carbonyl (C=O) groups is 4. The molecule has 0 bridgehead atoms. The maximum absolute atomic E-state index is 12.7. The number of imide groups is 1. The summed E-state index contributed by atoms with van der Waals surface area (Å²) in [6, 6.07) is 0. The van der Waals surface area contributed by atoms with Crippen LogP contribution < -0.4 is 5.32 Å². The van der Waals surface area contributed by atoms with Crippen molar-refractivity contribution in [1.82, 2.24) is 5.32 Å². The molecule has 7 nitrogen and oxygen atoms in total. The summed E-state index contributed by atoms with van der Waals surface area (Å²) in [5.41, 5.74) is 0.873. The number of aliphatic hydroxyl groups is 1. The van der Waals surface area contributed by atoms with E-state index in [2.05, 4.69) is 12.2 Å². The standard InChI is InChI=1S/C26H41NO6/c1-17-10-8-6-4-5-7-9-11-25(32)33-26(17)19(3)12-18(2)22(29)16-21(28)13-20-14-23(30)27-24(31)15-20/h12,17-18,20-21,26,28H,4-11,13-16H2,1-3H3,(H,27,30,31)/b19-12+. The van der Waals surface area contributed by atoms with Crippen LogP contribution in [0.5, 0.6) is 0 Å². The molecule has 0 radical (unpaired) electrons. The summed E-state index contributed by atoms with van der Waals surface area (Å²) < 4.78 is 5.84. The molecule has 186 valence electrons. The Kier molecular flexibility index (Phi) is 11.2. The second-order valence-electron chi connectivity index (χ2n) is 10.1. The average Bonchev–Trinajstić information content (AvgIpc) is 2.71. The molecule has 0 spiro atoms. The zero-order valence-electron chi connectivity index (χ0n) is 20.4. The summed E-state index contributed by atoms with van der Waals surface area (Å²) in [6.07, 6.45) is 9.18. The summed E-state index contributed by atoms with van der Waals surface area (Å²) in [4.78, 5) is 48.1. The van der Waals surface area contributed by atoms with Crippen LogP contribution in [0, 0.1) is 17.8 Å². The molecule has 2 aliphatic rings. The largest absolute Gasteiger partial charge is 0.458 e. The number of allylic oxidation sites excluding steroid dienone is 1. The molecular weight excluding hydrogens is 422 g/mol. The van der Waals surface area contributed by atoms with Crippen molar-refractivity contribution in [3.63, 3.8) is 0 Å². The topological polar surface area (TPSA) is 110 Å². The second kappa shape index (κ2) is 13.6. The van der Waals surface area contributed by atoms with Gasteiger partial charge in [-0.3, -0.25) is 24.5 Å². The third-order valence-corrected chi connectivity index (χ3v) is 6.80. The number of rotatable bonds is 7. The predicted molar refractivity (Wildman–Crippen MR) is 125 cm³/mol. The van der Waals surface area contributed by atoms with E-state index >= 15 is 0 Å². The van der Waals surface area contributed by atoms with Gasteiger partial charge >= 0.3 is 5.97 Å². The average molecular weight is 464 g/mol. The fourth-order valence-corrected chi connectivity index (χ4v) is 4.94. The Hall–Kier alpha value is -2.02. The number of hydrogen-bond donors (Lipinski definition) is 2. The Balaban J connectivity index is 1.95. The maximum Gasteiger partial charge on any atom is 0.306 e. The lowest BCUT2D eigenvalue weighted by atomic mass is 9.87. The van der Waals surface area contributed by atoms with Gasteiger partial charge in [-0.2, -0.15) is 0 Å². The van der Waals surface area contributed by atoms with Gasteiger partial charge in [0.2, 0.25) is 11.8 Å². The van der Waals surface area contributed by atoms with Crippen LogP contribution in [0.4, 0.5) is 0 Å². The van der Waals surface area contributed by atoms with E-state index in [1.807, 2.05) is 13.0 Å². The van der Waals surface area contributed by atoms with Crippen molar-refractivity contribution >= 4 is 23.6 Å². The van der Waals surface area contributed by atoms with E-state index in [1.165, 1.54) is 19.3 Å². The van der Waals surface area contributed by atoms with E-state index in [9.17, 15) is 24.3 Å². The Morgan fingerprint density at radius 3 is 2.36 bits per heavy atom. The van der Waals surface area contributed by atoms with Crippen molar-refractivity contribution < 1.29 is 29.0 Å². The fraction of sp³-hybridized carbons (Fsp3) is 0.769. The smallest absolute Gasteiger partial charge is 0.306 e. The molecule has 0 aromatic carbocycles. The molecule has 4 atom stereocenters. The molecule has 0 saturated carbocycles. The Morgan fingerprint density at radius 2 is 1.70 bits per heavy atom. The lowest BCUT2D eigenvalue weighted by molar-refractivity contribution is -0.149. The number of ether oxygens (including phenoxy) is 1. The van der Waals surface area contributed by atoms with Gasteiger partial charge in [-0.25, -0.2) is 0 Å². The van der Waals surface area contributed by atoms with Gasteiger partial charge in [0.1, 0.15) is 11.9 Å². The van der Waals surface area contributed by atoms with Crippen molar-refractivity contribution in [2.75, 3.05) is 0 Å². The highest BCUT2D eigenvalue weighted by Gasteiger charge is 2.29. The molecule has 7 heteroatoms. The number of hydrogen-bond acceptors (Lipinski definition) is 6. The minimum Gasteiger partial charge on any atom is -0.458 e. The molecular formula is C26H41NO6. The molecule has 0 aliphatic carbocycles. The molecule has 2 heterocycles. The summed E-state index contributed by atoms with van der Waals surface area (Å²) >= 11 is 0. The van der Waals surface area contributed by atoms with Crippen LogP contribution in [0.25, 0.3) is 0 Å². The SMILES string of the molecule is C/C(=C\C(C)C(=O)CC(O)CC1CC(=O)NC(=O)C1)C1OC(=O)CCCCCCCCC1C. The molecule has 2 rings (SSSR count). The maximum atomic E-state index is 12.7. The van der Waals surface area contributed by atoms with E-state index < -0.39 is 12.0 Å². The van der Waals surface area contributed by atoms with Crippen LogP contribution in [0.1, 0.15) is 97.8 Å². The highest BCUT2D eigenvalue weighted by atomic mass is 16.5. The minimum absolute atomic E-state index is 0.0305. The van der Waals surface area contributed by atoms with Gasteiger partial charge < -0.3 is 9.84 Å². The van der Waals surface area contributed by atoms with Crippen LogP contribution in [0.15, 0.2) is 11.6 Å². The van der Waals surface area contributed by atoms with E-state index in [4.69, 9.17) is 4.74 Å². The highest BCUT2D eigenvalue weighted by molar-refractivity contribution is 5.97. The van der Waals surface area contributed by atoms with Crippen molar-refractivity contribution in [3.05, 3.63) is 11.6 Å². The van der Waals surface area contributed by atoms with E-state index in [0.29, 0.717) is 6.42 Å². The first-order valence-corrected chi connectivity index (χ1v) is 12.6. The van der Waals surface area contributed by atoms with Crippen LogP contribution in [0.2, 0.25) is 0 Å². The Morgan fingerprint density at radius 1 is 1.09 bits per heavy atom. The molecule has 0 aromatic heterocycles. The van der Waals surface area contributed by atoms with Crippen LogP contribution in [-0.4, -0.2) is 40.9 Å². The summed E-state index contributed by atoms with van der Waals surface area (Å²) in [5.74, 6) is -1.44. The molecule has 2 amide bonds. The van der Waals surface area contributed by atoms with Gasteiger partial charge in [-0.05, 0) is 43.6 Å². The summed E-state index contributed by atoms with van der Waals surface area (Å²) in [6.45, 7) is 5.80. The lowest BCUT2D eigenvalue weighted by Crippen LogP contribution is -2.39. The molecule has 2 saturated heterocycles. The molecule has 2 N–H and O–H groups in total. The van der Waals surface area contributed by atoms with Gasteiger partial charge in [0.15, 0.2) is 0 Å². The van der Waals surface area contributed by atoms with Gasteiger partial charge in [0.05, 0.1) is 6.10 Å². The predicted octanol–water partition coefficient (Wildman–Crippen LogP) is 4.01. The van der Waals surface area contributed by atoms with Gasteiger partial charge in [-0.1, -0.05) is 52.0 Å². The number of cyclic esters (lactones) is 1. The first-order valence-electron chi connectivity index (χ1n) is 12.6. The molecule has 4 unspecified atom stereocenters. The second-order valence-corrected chi connectivity index (χ2v) is 10.1. The quantitative estimate of drug-likeness (QED) is 0.335. The number of amides is 2. The Bertz CT molecular complexity index is 714. The highest BCUT2D eigenvalue weighted by Crippen LogP contribution is 2.26. The zero-order chi connectivity index (χ0) is 24.4. The van der Waals surface area contributed by atoms with E-state index in [-0.39, 0.29) is 67.2 Å². The minimum atomic E-state index is -0.893. The van der Waals surface area contributed by atoms with Crippen LogP contribution >= 0.6 is 0 Å². The lowest BCUT2D eigenvalue weighted by Gasteiger charge is -2.26. The summed E-state index contributed by atoms with van der Waals surface area (Å²) in [7, 11) is 0. The normalized spacial score (nSPS) is 26.4. The third-order valence-electron chi connectivity index (χ3n) is 6.80. The first-order chi connectivity index (χ1) is 15.7. The van der Waals surface area contributed by atoms with Crippen molar-refractivity contribution in [2.45, 2.75) is 110 Å². The summed E-state index contributed by atoms with van der Waals surface area (Å²) in [5, 5.41) is 12.6. The molecule has 2 aliphatic heterocycles. The zero-order valence-corrected chi connectivity index (χ0v) is 20.4. The number of nitrogens with one attached hydrogen (secondary N) is 1. The third kappa shape index (κ3) is 9.78. The first kappa shape index (κ1) is 27.2. The molecule has 0 aromatic rings. The van der Waals surface area contributed by atoms with Gasteiger partial charge in [0, 0.05) is 31.6 Å². The van der Waals surface area contributed by atoms with Gasteiger partial charge in [0.25, 0.3) is 0 Å². The number of Topliss-reactive ketones (excluding diaryl/α,β-unsaturated/α-hetero) is 1. The molecule has 2 fully saturated rings. The Labute approximate surface area is 197 Å². The van der Waals surface area contributed by atoms with Gasteiger partial charge in [-0.15, -0.1) is 0 Å². The van der Waals surface area contributed by atoms with Crippen LogP contribution in [0.3, 0.4) is 0 Å².